The van der Waals surface area contributed by atoms with Crippen LogP contribution >= 0.6 is 0 Å². The summed E-state index contributed by atoms with van der Waals surface area (Å²) in [5.41, 5.74) is 8.37. The van der Waals surface area contributed by atoms with Crippen LogP contribution in [0.3, 0.4) is 0 Å². The maximum Gasteiger partial charge on any atom is 0.280 e. The molecule has 186 valence electrons. The Morgan fingerprint density at radius 1 is 1.26 bits per heavy atom. The van der Waals surface area contributed by atoms with Gasteiger partial charge in [0.2, 0.25) is 5.96 Å². The molecule has 0 radical (unpaired) electrons. The van der Waals surface area contributed by atoms with Crippen molar-refractivity contribution < 1.29 is 13.6 Å². The van der Waals surface area contributed by atoms with Gasteiger partial charge in [0.25, 0.3) is 12.3 Å². The summed E-state index contributed by atoms with van der Waals surface area (Å²) in [6.45, 7) is 8.00. The molecule has 3 unspecified atom stereocenters. The molecule has 0 spiro atoms. The van der Waals surface area contributed by atoms with Gasteiger partial charge in [0, 0.05) is 24.0 Å². The normalized spacial score (nSPS) is 19.0. The van der Waals surface area contributed by atoms with E-state index in [-0.39, 0.29) is 35.6 Å². The number of aromatic nitrogens is 3. The van der Waals surface area contributed by atoms with E-state index < -0.39 is 12.6 Å². The number of guanidine groups is 1. The zero-order valence-corrected chi connectivity index (χ0v) is 20.1. The average Bonchev–Trinajstić information content (AvgIpc) is 3.44. The lowest BCUT2D eigenvalue weighted by Crippen LogP contribution is -2.44. The molecule has 3 atom stereocenters. The molecule has 4 rings (SSSR count). The topological polar surface area (TPSA) is 113 Å². The number of fused-ring (bicyclic) bond motifs is 1. The first-order valence-electron chi connectivity index (χ1n) is 11.6. The highest BCUT2D eigenvalue weighted by Crippen LogP contribution is 2.31. The van der Waals surface area contributed by atoms with Crippen LogP contribution < -0.4 is 16.4 Å². The number of alkyl halides is 2. The molecule has 1 amide bonds. The van der Waals surface area contributed by atoms with Gasteiger partial charge in [-0.1, -0.05) is 26.8 Å². The Morgan fingerprint density at radius 2 is 2.03 bits per heavy atom. The molecule has 2 aliphatic heterocycles. The van der Waals surface area contributed by atoms with Crippen molar-refractivity contribution in [2.24, 2.45) is 16.8 Å². The summed E-state index contributed by atoms with van der Waals surface area (Å²) in [6.07, 6.45) is 6.55. The first kappa shape index (κ1) is 24.4. The van der Waals surface area contributed by atoms with Gasteiger partial charge in [0.15, 0.2) is 0 Å². The van der Waals surface area contributed by atoms with Crippen LogP contribution in [0.15, 0.2) is 53.7 Å². The van der Waals surface area contributed by atoms with Gasteiger partial charge in [-0.2, -0.15) is 5.10 Å². The summed E-state index contributed by atoms with van der Waals surface area (Å²) in [5, 5.41) is 16.4. The minimum Gasteiger partial charge on any atom is -0.368 e. The molecule has 9 nitrogen and oxygen atoms in total. The number of allylic oxidation sites excluding steroid dienone is 2. The van der Waals surface area contributed by atoms with Crippen molar-refractivity contribution >= 4 is 17.4 Å². The number of halogens is 2. The Balaban J connectivity index is 1.65. The number of hydrogen-bond donors (Lipinski definition) is 3. The van der Waals surface area contributed by atoms with Crippen LogP contribution in [-0.4, -0.2) is 43.8 Å². The minimum atomic E-state index is -2.61. The average molecular weight is 485 g/mol. The van der Waals surface area contributed by atoms with E-state index in [4.69, 9.17) is 5.73 Å². The molecule has 2 aromatic rings. The molecule has 0 bridgehead atoms. The molecule has 0 saturated carbocycles. The van der Waals surface area contributed by atoms with Crippen molar-refractivity contribution in [1.29, 1.82) is 0 Å². The molecule has 2 aliphatic rings. The Kier molecular flexibility index (Phi) is 6.86. The molecule has 0 aliphatic carbocycles. The second-order valence-electron chi connectivity index (χ2n) is 9.07. The summed E-state index contributed by atoms with van der Waals surface area (Å²) in [7, 11) is 0. The van der Waals surface area contributed by atoms with E-state index in [2.05, 4.69) is 25.8 Å². The third-order valence-electron chi connectivity index (χ3n) is 6.10. The number of hydrogen-bond acceptors (Lipinski definition) is 7. The molecule has 0 saturated heterocycles. The number of pyridine rings is 1. The fraction of sp³-hybridized carbons (Fsp3) is 0.417. The van der Waals surface area contributed by atoms with Crippen LogP contribution in [0.5, 0.6) is 0 Å². The van der Waals surface area contributed by atoms with Gasteiger partial charge in [-0.05, 0) is 48.6 Å². The highest BCUT2D eigenvalue weighted by molar-refractivity contribution is 5.98. The predicted octanol–water partition coefficient (Wildman–Crippen LogP) is 3.12. The third kappa shape index (κ3) is 5.03. The van der Waals surface area contributed by atoms with Crippen molar-refractivity contribution in [3.8, 4) is 0 Å². The largest absolute Gasteiger partial charge is 0.368 e. The van der Waals surface area contributed by atoms with E-state index in [1.165, 1.54) is 12.3 Å². The van der Waals surface area contributed by atoms with Crippen LogP contribution in [-0.2, 0) is 4.79 Å². The van der Waals surface area contributed by atoms with Gasteiger partial charge in [0.1, 0.15) is 17.6 Å². The number of carbonyl (C=O) groups is 1. The number of nitrogens with zero attached hydrogens (tertiary/aromatic N) is 5. The van der Waals surface area contributed by atoms with Crippen molar-refractivity contribution in [3.05, 3.63) is 65.4 Å². The second kappa shape index (κ2) is 9.85. The monoisotopic (exact) mass is 484 g/mol. The van der Waals surface area contributed by atoms with E-state index in [0.717, 1.165) is 23.1 Å². The van der Waals surface area contributed by atoms with Gasteiger partial charge in [-0.15, -0.1) is 5.10 Å². The van der Waals surface area contributed by atoms with Crippen molar-refractivity contribution in [1.82, 2.24) is 30.4 Å². The predicted molar refractivity (Wildman–Crippen MR) is 129 cm³/mol. The zero-order chi connectivity index (χ0) is 25.3. The molecular weight excluding hydrogens is 454 g/mol. The molecule has 4 heterocycles. The molecule has 0 fully saturated rings. The Morgan fingerprint density at radius 3 is 2.66 bits per heavy atom. The highest BCUT2D eigenvalue weighted by atomic mass is 19.3. The van der Waals surface area contributed by atoms with Gasteiger partial charge < -0.3 is 16.4 Å². The van der Waals surface area contributed by atoms with Crippen molar-refractivity contribution in [2.75, 3.05) is 0 Å². The number of carbonyl (C=O) groups excluding carboxylic acids is 1. The summed E-state index contributed by atoms with van der Waals surface area (Å²) in [6, 6.07) is 2.81. The highest BCUT2D eigenvalue weighted by Gasteiger charge is 2.33. The number of rotatable bonds is 8. The fourth-order valence-electron chi connectivity index (χ4n) is 4.12. The van der Waals surface area contributed by atoms with Crippen LogP contribution in [0.1, 0.15) is 63.4 Å². The van der Waals surface area contributed by atoms with Gasteiger partial charge in [-0.25, -0.2) is 13.8 Å². The number of nitrogens with one attached hydrogen (secondary N) is 2. The van der Waals surface area contributed by atoms with E-state index in [9.17, 15) is 13.6 Å². The lowest BCUT2D eigenvalue weighted by atomic mass is 9.97. The van der Waals surface area contributed by atoms with Crippen LogP contribution in [0.4, 0.5) is 8.78 Å². The van der Waals surface area contributed by atoms with E-state index in [0.29, 0.717) is 5.70 Å². The van der Waals surface area contributed by atoms with Crippen molar-refractivity contribution in [3.63, 3.8) is 0 Å². The first-order valence-corrected chi connectivity index (χ1v) is 11.6. The summed E-state index contributed by atoms with van der Waals surface area (Å²) in [5.74, 6) is 0.104. The van der Waals surface area contributed by atoms with Crippen LogP contribution in [0, 0.1) is 5.92 Å². The standard InChI is InChI=1S/C24H30F2N8O/c1-5-14(4)30-23(35)19-8-16(9-20-31-24(27)32-34(19)20)17-11-29-33(12-17)21(13(2)3)15-6-7-18(22(25)26)28-10-15/h6-14,20-22H,5H2,1-4H3,(H,30,35)(H3,27,31,32). The number of nitrogens with two attached hydrogens (primary N) is 1. The summed E-state index contributed by atoms with van der Waals surface area (Å²) in [4.78, 5) is 16.9. The zero-order valence-electron chi connectivity index (χ0n) is 20.1. The molecule has 4 N–H and O–H groups in total. The third-order valence-corrected chi connectivity index (χ3v) is 6.10. The smallest absolute Gasteiger partial charge is 0.280 e. The number of amides is 1. The Bertz CT molecular complexity index is 1170. The first-order chi connectivity index (χ1) is 16.7. The fourth-order valence-corrected chi connectivity index (χ4v) is 4.12. The van der Waals surface area contributed by atoms with E-state index in [1.54, 1.807) is 28.0 Å². The van der Waals surface area contributed by atoms with Gasteiger partial charge in [0.05, 0.1) is 12.2 Å². The molecule has 2 aromatic heterocycles. The minimum absolute atomic E-state index is 0.00714. The lowest BCUT2D eigenvalue weighted by molar-refractivity contribution is -0.119. The lowest BCUT2D eigenvalue weighted by Gasteiger charge is -2.28. The Labute approximate surface area is 202 Å². The molecule has 0 aromatic carbocycles. The Hall–Kier alpha value is -3.76. The SMILES string of the molecule is CCC(C)NC(=O)C1=CC(c2cnn(C(c3ccc(C(F)F)nc3)C(C)C)c2)=CC2NC(N)=NN12. The van der Waals surface area contributed by atoms with Crippen LogP contribution in [0.25, 0.3) is 5.57 Å². The van der Waals surface area contributed by atoms with Gasteiger partial charge >= 0.3 is 0 Å². The summed E-state index contributed by atoms with van der Waals surface area (Å²) < 4.78 is 27.7. The summed E-state index contributed by atoms with van der Waals surface area (Å²) >= 11 is 0. The van der Waals surface area contributed by atoms with E-state index in [1.807, 2.05) is 40.0 Å². The quantitative estimate of drug-likeness (QED) is 0.531. The molecule has 11 heteroatoms. The van der Waals surface area contributed by atoms with Crippen molar-refractivity contribution in [2.45, 2.75) is 58.8 Å². The maximum atomic E-state index is 13.0. The maximum absolute atomic E-state index is 13.0. The molecule has 35 heavy (non-hydrogen) atoms. The molecular formula is C24H30F2N8O. The number of hydrazone groups is 1. The second-order valence-corrected chi connectivity index (χ2v) is 9.07. The van der Waals surface area contributed by atoms with Crippen LogP contribution in [0.2, 0.25) is 0 Å². The van der Waals surface area contributed by atoms with E-state index >= 15 is 0 Å². The van der Waals surface area contributed by atoms with Gasteiger partial charge in [-0.3, -0.25) is 14.5 Å².